The van der Waals surface area contributed by atoms with Crippen LogP contribution in [-0.2, 0) is 13.6 Å². The first-order valence-electron chi connectivity index (χ1n) is 7.08. The molecule has 1 unspecified atom stereocenters. The van der Waals surface area contributed by atoms with E-state index in [0.717, 1.165) is 38.4 Å². The van der Waals surface area contributed by atoms with Gasteiger partial charge in [0.2, 0.25) is 0 Å². The quantitative estimate of drug-likeness (QED) is 0.794. The molecule has 0 bridgehead atoms. The van der Waals surface area contributed by atoms with Crippen molar-refractivity contribution in [3.63, 3.8) is 0 Å². The van der Waals surface area contributed by atoms with Crippen molar-refractivity contribution in [1.29, 1.82) is 0 Å². The zero-order valence-electron chi connectivity index (χ0n) is 12.3. The molecule has 2 N–H and O–H groups in total. The molecule has 110 valence electrons. The minimum absolute atomic E-state index is 0.0753. The van der Waals surface area contributed by atoms with Gasteiger partial charge >= 0.3 is 6.03 Å². The Morgan fingerprint density at radius 2 is 2.25 bits per heavy atom. The SMILES string of the molecule is CNCc1c(C)nn(C)c1N1CCN2C(=O)NCC2C1. The number of hydrogen-bond donors (Lipinski definition) is 2. The number of aromatic nitrogens is 2. The average molecular weight is 278 g/mol. The van der Waals surface area contributed by atoms with Crippen LogP contribution in [0.1, 0.15) is 11.3 Å². The summed E-state index contributed by atoms with van der Waals surface area (Å²) in [6.07, 6.45) is 0. The van der Waals surface area contributed by atoms with Crippen LogP contribution in [0.4, 0.5) is 10.6 Å². The number of hydrogen-bond acceptors (Lipinski definition) is 4. The number of urea groups is 1. The number of amides is 2. The van der Waals surface area contributed by atoms with Crippen molar-refractivity contribution >= 4 is 11.8 Å². The van der Waals surface area contributed by atoms with Crippen molar-refractivity contribution in [3.05, 3.63) is 11.3 Å². The van der Waals surface area contributed by atoms with Gasteiger partial charge in [0.05, 0.1) is 11.7 Å². The third kappa shape index (κ3) is 2.02. The summed E-state index contributed by atoms with van der Waals surface area (Å²) in [6, 6.07) is 0.347. The van der Waals surface area contributed by atoms with E-state index in [-0.39, 0.29) is 12.1 Å². The van der Waals surface area contributed by atoms with Gasteiger partial charge in [-0.2, -0.15) is 5.10 Å². The predicted molar refractivity (Wildman–Crippen MR) is 76.8 cm³/mol. The highest BCUT2D eigenvalue weighted by Crippen LogP contribution is 2.26. The number of anilines is 1. The number of carbonyl (C=O) groups excluding carboxylic acids is 1. The first-order valence-corrected chi connectivity index (χ1v) is 7.08. The summed E-state index contributed by atoms with van der Waals surface area (Å²) >= 11 is 0. The molecule has 0 saturated carbocycles. The van der Waals surface area contributed by atoms with Gasteiger partial charge in [0.15, 0.2) is 0 Å². The molecule has 2 amide bonds. The highest BCUT2D eigenvalue weighted by atomic mass is 16.2. The van der Waals surface area contributed by atoms with Crippen molar-refractivity contribution in [2.24, 2.45) is 7.05 Å². The third-order valence-electron chi connectivity index (χ3n) is 4.20. The molecule has 0 aliphatic carbocycles. The minimum atomic E-state index is 0.0753. The molecule has 7 heteroatoms. The van der Waals surface area contributed by atoms with E-state index < -0.39 is 0 Å². The molecule has 20 heavy (non-hydrogen) atoms. The lowest BCUT2D eigenvalue weighted by Gasteiger charge is -2.38. The van der Waals surface area contributed by atoms with Gasteiger partial charge in [0, 0.05) is 45.3 Å². The Hall–Kier alpha value is -1.76. The zero-order valence-corrected chi connectivity index (χ0v) is 12.3. The maximum absolute atomic E-state index is 11.7. The summed E-state index contributed by atoms with van der Waals surface area (Å²) in [5.74, 6) is 1.18. The molecule has 2 fully saturated rings. The van der Waals surface area contributed by atoms with Crippen molar-refractivity contribution in [2.45, 2.75) is 19.5 Å². The molecule has 2 aliphatic rings. The van der Waals surface area contributed by atoms with Crippen LogP contribution in [0.15, 0.2) is 0 Å². The normalized spacial score (nSPS) is 22.1. The van der Waals surface area contributed by atoms with E-state index in [2.05, 4.69) is 20.6 Å². The Balaban J connectivity index is 1.85. The Bertz CT molecular complexity index is 525. The molecule has 1 atom stereocenters. The second kappa shape index (κ2) is 4.97. The first-order chi connectivity index (χ1) is 9.61. The molecule has 1 aromatic rings. The fraction of sp³-hybridized carbons (Fsp3) is 0.692. The van der Waals surface area contributed by atoms with Gasteiger partial charge in [-0.1, -0.05) is 0 Å². The average Bonchev–Trinajstić information content (AvgIpc) is 2.91. The van der Waals surface area contributed by atoms with E-state index in [1.807, 2.05) is 30.6 Å². The third-order valence-corrected chi connectivity index (χ3v) is 4.20. The van der Waals surface area contributed by atoms with Gasteiger partial charge in [-0.05, 0) is 14.0 Å². The van der Waals surface area contributed by atoms with E-state index in [0.29, 0.717) is 0 Å². The lowest BCUT2D eigenvalue weighted by Crippen LogP contribution is -2.52. The smallest absolute Gasteiger partial charge is 0.317 e. The minimum Gasteiger partial charge on any atom is -0.353 e. The Morgan fingerprint density at radius 1 is 1.45 bits per heavy atom. The van der Waals surface area contributed by atoms with Crippen molar-refractivity contribution in [3.8, 4) is 0 Å². The van der Waals surface area contributed by atoms with E-state index in [9.17, 15) is 4.79 Å². The number of nitrogens with one attached hydrogen (secondary N) is 2. The molecule has 2 saturated heterocycles. The van der Waals surface area contributed by atoms with Crippen LogP contribution in [0, 0.1) is 6.92 Å². The second-order valence-corrected chi connectivity index (χ2v) is 5.52. The summed E-state index contributed by atoms with van der Waals surface area (Å²) < 4.78 is 1.96. The predicted octanol–water partition coefficient (Wildman–Crippen LogP) is -0.338. The van der Waals surface area contributed by atoms with Gasteiger partial charge in [-0.25, -0.2) is 4.79 Å². The van der Waals surface area contributed by atoms with Crippen LogP contribution < -0.4 is 15.5 Å². The Morgan fingerprint density at radius 3 is 3.00 bits per heavy atom. The number of nitrogens with zero attached hydrogens (tertiary/aromatic N) is 4. The van der Waals surface area contributed by atoms with Crippen LogP contribution in [0.5, 0.6) is 0 Å². The molecule has 0 spiro atoms. The maximum Gasteiger partial charge on any atom is 0.317 e. The molecule has 0 radical (unpaired) electrons. The van der Waals surface area contributed by atoms with Crippen LogP contribution in [0.2, 0.25) is 0 Å². The largest absolute Gasteiger partial charge is 0.353 e. The maximum atomic E-state index is 11.7. The van der Waals surface area contributed by atoms with Gasteiger partial charge in [-0.3, -0.25) is 4.68 Å². The monoisotopic (exact) mass is 278 g/mol. The molecular weight excluding hydrogens is 256 g/mol. The zero-order chi connectivity index (χ0) is 14.3. The van der Waals surface area contributed by atoms with Crippen LogP contribution in [0.25, 0.3) is 0 Å². The van der Waals surface area contributed by atoms with E-state index in [1.165, 1.54) is 11.4 Å². The van der Waals surface area contributed by atoms with E-state index in [1.54, 1.807) is 0 Å². The molecule has 1 aromatic heterocycles. The number of rotatable bonds is 3. The van der Waals surface area contributed by atoms with Gasteiger partial charge in [-0.15, -0.1) is 0 Å². The summed E-state index contributed by atoms with van der Waals surface area (Å²) in [4.78, 5) is 16.0. The summed E-state index contributed by atoms with van der Waals surface area (Å²) in [5, 5.41) is 10.7. The molecule has 3 rings (SSSR count). The highest BCUT2D eigenvalue weighted by molar-refractivity contribution is 5.77. The van der Waals surface area contributed by atoms with E-state index >= 15 is 0 Å². The number of piperazine rings is 1. The first kappa shape index (κ1) is 13.2. The van der Waals surface area contributed by atoms with Crippen LogP contribution in [0.3, 0.4) is 0 Å². The summed E-state index contributed by atoms with van der Waals surface area (Å²) in [7, 11) is 3.94. The molecule has 3 heterocycles. The second-order valence-electron chi connectivity index (χ2n) is 5.52. The molecule has 7 nitrogen and oxygen atoms in total. The van der Waals surface area contributed by atoms with Crippen molar-refractivity contribution < 1.29 is 4.79 Å². The lowest BCUT2D eigenvalue weighted by atomic mass is 10.1. The highest BCUT2D eigenvalue weighted by Gasteiger charge is 2.36. The fourth-order valence-electron chi connectivity index (χ4n) is 3.27. The topological polar surface area (TPSA) is 65.4 Å². The van der Waals surface area contributed by atoms with Crippen molar-refractivity contribution in [2.75, 3.05) is 38.1 Å². The number of carbonyl (C=O) groups is 1. The Kier molecular flexibility index (Phi) is 3.29. The standard InChI is InChI=1S/C13H22N6O/c1-9-11(7-14-2)12(17(3)16-9)18-4-5-19-10(8-18)6-15-13(19)20/h10,14H,4-8H2,1-3H3,(H,15,20). The molecule has 2 aliphatic heterocycles. The lowest BCUT2D eigenvalue weighted by molar-refractivity contribution is 0.197. The van der Waals surface area contributed by atoms with Gasteiger partial charge in [0.1, 0.15) is 5.82 Å². The summed E-state index contributed by atoms with van der Waals surface area (Å²) in [6.45, 7) is 6.12. The van der Waals surface area contributed by atoms with Crippen LogP contribution in [-0.4, -0.2) is 60.0 Å². The van der Waals surface area contributed by atoms with Crippen molar-refractivity contribution in [1.82, 2.24) is 25.3 Å². The van der Waals surface area contributed by atoms with Gasteiger partial charge in [0.25, 0.3) is 0 Å². The Labute approximate surface area is 118 Å². The van der Waals surface area contributed by atoms with Crippen LogP contribution >= 0.6 is 0 Å². The summed E-state index contributed by atoms with van der Waals surface area (Å²) in [5.41, 5.74) is 2.32. The number of aryl methyl sites for hydroxylation is 2. The van der Waals surface area contributed by atoms with E-state index in [4.69, 9.17) is 0 Å². The fourth-order valence-corrected chi connectivity index (χ4v) is 3.27. The molecular formula is C13H22N6O. The number of fused-ring (bicyclic) bond motifs is 1. The molecule has 0 aromatic carbocycles. The van der Waals surface area contributed by atoms with Gasteiger partial charge < -0.3 is 20.4 Å².